The van der Waals surface area contributed by atoms with E-state index in [1.807, 2.05) is 12.1 Å². The SMILES string of the molecule is CSC(=Nc1cccnc1)SCc1ccc(C(C)C)cc1. The van der Waals surface area contributed by atoms with Crippen LogP contribution in [-0.4, -0.2) is 15.6 Å². The van der Waals surface area contributed by atoms with Crippen LogP contribution in [0, 0.1) is 0 Å². The number of benzene rings is 1. The van der Waals surface area contributed by atoms with Gasteiger partial charge in [0.15, 0.2) is 0 Å². The van der Waals surface area contributed by atoms with Crippen molar-refractivity contribution >= 4 is 33.6 Å². The lowest BCUT2D eigenvalue weighted by atomic mass is 10.0. The van der Waals surface area contributed by atoms with Gasteiger partial charge in [0, 0.05) is 11.9 Å². The second-order valence-electron chi connectivity index (χ2n) is 4.98. The Hall–Kier alpha value is -1.26. The molecule has 0 amide bonds. The molecule has 1 heterocycles. The molecule has 0 saturated heterocycles. The van der Waals surface area contributed by atoms with Gasteiger partial charge in [0.25, 0.3) is 0 Å². The Labute approximate surface area is 135 Å². The lowest BCUT2D eigenvalue weighted by molar-refractivity contribution is 0.866. The van der Waals surface area contributed by atoms with Crippen LogP contribution in [0.3, 0.4) is 0 Å². The van der Waals surface area contributed by atoms with Gasteiger partial charge in [-0.25, -0.2) is 4.99 Å². The Kier molecular flexibility index (Phi) is 6.33. The first-order valence-corrected chi connectivity index (χ1v) is 9.14. The molecule has 1 aromatic heterocycles. The van der Waals surface area contributed by atoms with Crippen molar-refractivity contribution in [3.63, 3.8) is 0 Å². The summed E-state index contributed by atoms with van der Waals surface area (Å²) in [4.78, 5) is 8.71. The summed E-state index contributed by atoms with van der Waals surface area (Å²) < 4.78 is 1.07. The van der Waals surface area contributed by atoms with Crippen LogP contribution in [0.15, 0.2) is 53.8 Å². The summed E-state index contributed by atoms with van der Waals surface area (Å²) in [5.41, 5.74) is 3.62. The van der Waals surface area contributed by atoms with Crippen LogP contribution < -0.4 is 0 Å². The minimum absolute atomic E-state index is 0.584. The minimum Gasteiger partial charge on any atom is -0.262 e. The van der Waals surface area contributed by atoms with Gasteiger partial charge in [-0.2, -0.15) is 0 Å². The maximum absolute atomic E-state index is 4.62. The van der Waals surface area contributed by atoms with E-state index in [1.54, 1.807) is 35.9 Å². The molecule has 0 fully saturated rings. The Morgan fingerprint density at radius 2 is 1.95 bits per heavy atom. The van der Waals surface area contributed by atoms with Crippen LogP contribution >= 0.6 is 23.5 Å². The van der Waals surface area contributed by atoms with Crippen molar-refractivity contribution in [3.05, 3.63) is 59.9 Å². The molecule has 0 aliphatic rings. The van der Waals surface area contributed by atoms with E-state index < -0.39 is 0 Å². The first kappa shape index (κ1) is 16.1. The van der Waals surface area contributed by atoms with E-state index >= 15 is 0 Å². The second-order valence-corrected chi connectivity index (χ2v) is 7.00. The third-order valence-electron chi connectivity index (χ3n) is 3.05. The van der Waals surface area contributed by atoms with Crippen molar-refractivity contribution in [3.8, 4) is 0 Å². The number of hydrogen-bond donors (Lipinski definition) is 0. The first-order valence-electron chi connectivity index (χ1n) is 6.93. The number of hydrogen-bond acceptors (Lipinski definition) is 4. The molecule has 2 nitrogen and oxygen atoms in total. The lowest BCUT2D eigenvalue weighted by Gasteiger charge is -2.07. The molecule has 0 bridgehead atoms. The fourth-order valence-corrected chi connectivity index (χ4v) is 3.30. The van der Waals surface area contributed by atoms with Gasteiger partial charge in [0.2, 0.25) is 0 Å². The molecule has 0 spiro atoms. The Morgan fingerprint density at radius 3 is 2.52 bits per heavy atom. The van der Waals surface area contributed by atoms with Gasteiger partial charge in [-0.15, -0.1) is 11.8 Å². The standard InChI is InChI=1S/C17H20N2S2/c1-13(2)15-8-6-14(7-9-15)12-21-17(20-3)19-16-5-4-10-18-11-16/h4-11,13H,12H2,1-3H3. The number of nitrogens with zero attached hydrogens (tertiary/aromatic N) is 2. The van der Waals surface area contributed by atoms with Gasteiger partial charge < -0.3 is 0 Å². The maximum Gasteiger partial charge on any atom is 0.130 e. The molecule has 110 valence electrons. The third kappa shape index (κ3) is 5.21. The normalized spacial score (nSPS) is 11.9. The van der Waals surface area contributed by atoms with Gasteiger partial charge in [-0.1, -0.05) is 49.9 Å². The van der Waals surface area contributed by atoms with Crippen molar-refractivity contribution < 1.29 is 0 Å². The Morgan fingerprint density at radius 1 is 1.19 bits per heavy atom. The van der Waals surface area contributed by atoms with Crippen LogP contribution in [-0.2, 0) is 5.75 Å². The van der Waals surface area contributed by atoms with Crippen molar-refractivity contribution in [1.82, 2.24) is 4.98 Å². The highest BCUT2D eigenvalue weighted by molar-refractivity contribution is 8.38. The van der Waals surface area contributed by atoms with Gasteiger partial charge in [0.05, 0.1) is 11.9 Å². The molecular formula is C17H20N2S2. The van der Waals surface area contributed by atoms with Crippen molar-refractivity contribution in [2.24, 2.45) is 4.99 Å². The highest BCUT2D eigenvalue weighted by atomic mass is 32.2. The smallest absolute Gasteiger partial charge is 0.130 e. The Balaban J connectivity index is 1.98. The molecule has 0 saturated carbocycles. The Bertz CT molecular complexity index is 577. The molecule has 0 aliphatic carbocycles. The number of aromatic nitrogens is 1. The number of rotatable bonds is 4. The van der Waals surface area contributed by atoms with Gasteiger partial charge in [-0.3, -0.25) is 4.98 Å². The molecule has 1 aromatic carbocycles. The average molecular weight is 316 g/mol. The predicted molar refractivity (Wildman–Crippen MR) is 96.7 cm³/mol. The average Bonchev–Trinajstić information content (AvgIpc) is 2.52. The molecule has 0 aliphatic heterocycles. The zero-order chi connectivity index (χ0) is 15.1. The monoisotopic (exact) mass is 316 g/mol. The topological polar surface area (TPSA) is 25.2 Å². The fourth-order valence-electron chi connectivity index (χ4n) is 1.81. The van der Waals surface area contributed by atoms with Crippen molar-refractivity contribution in [2.45, 2.75) is 25.5 Å². The van der Waals surface area contributed by atoms with E-state index in [0.717, 1.165) is 15.8 Å². The summed E-state index contributed by atoms with van der Waals surface area (Å²) in [7, 11) is 0. The number of pyridine rings is 1. The van der Waals surface area contributed by atoms with E-state index in [1.165, 1.54) is 11.1 Å². The summed E-state index contributed by atoms with van der Waals surface area (Å²) in [6, 6.07) is 12.7. The molecule has 0 atom stereocenters. The minimum atomic E-state index is 0.584. The molecule has 2 aromatic rings. The van der Waals surface area contributed by atoms with Crippen LogP contribution in [0.1, 0.15) is 30.9 Å². The zero-order valence-electron chi connectivity index (χ0n) is 12.6. The van der Waals surface area contributed by atoms with Crippen LogP contribution in [0.2, 0.25) is 0 Å². The van der Waals surface area contributed by atoms with Crippen LogP contribution in [0.5, 0.6) is 0 Å². The van der Waals surface area contributed by atoms with Gasteiger partial charge >= 0.3 is 0 Å². The zero-order valence-corrected chi connectivity index (χ0v) is 14.2. The summed E-state index contributed by atoms with van der Waals surface area (Å²) in [6.07, 6.45) is 5.61. The number of aliphatic imine (C=N–C) groups is 1. The lowest BCUT2D eigenvalue weighted by Crippen LogP contribution is -1.90. The number of thioether (sulfide) groups is 2. The third-order valence-corrected chi connectivity index (χ3v) is 5.16. The van der Waals surface area contributed by atoms with Gasteiger partial charge in [-0.05, 0) is 35.4 Å². The summed E-state index contributed by atoms with van der Waals surface area (Å²) in [5, 5.41) is 0. The molecule has 21 heavy (non-hydrogen) atoms. The summed E-state index contributed by atoms with van der Waals surface area (Å²) >= 11 is 3.45. The highest BCUT2D eigenvalue weighted by Gasteiger charge is 2.03. The highest BCUT2D eigenvalue weighted by Crippen LogP contribution is 2.24. The second kappa shape index (κ2) is 8.25. The van der Waals surface area contributed by atoms with Crippen LogP contribution in [0.4, 0.5) is 5.69 Å². The van der Waals surface area contributed by atoms with E-state index in [-0.39, 0.29) is 0 Å². The largest absolute Gasteiger partial charge is 0.262 e. The predicted octanol–water partition coefficient (Wildman–Crippen LogP) is 5.49. The van der Waals surface area contributed by atoms with E-state index in [4.69, 9.17) is 0 Å². The first-order chi connectivity index (χ1) is 10.2. The molecule has 0 N–H and O–H groups in total. The van der Waals surface area contributed by atoms with Crippen LogP contribution in [0.25, 0.3) is 0 Å². The fraction of sp³-hybridized carbons (Fsp3) is 0.294. The van der Waals surface area contributed by atoms with E-state index in [2.05, 4.69) is 54.3 Å². The molecule has 2 rings (SSSR count). The maximum atomic E-state index is 4.62. The quantitative estimate of drug-likeness (QED) is 0.551. The van der Waals surface area contributed by atoms with Crippen molar-refractivity contribution in [2.75, 3.05) is 6.26 Å². The van der Waals surface area contributed by atoms with E-state index in [0.29, 0.717) is 5.92 Å². The molecule has 0 radical (unpaired) electrons. The van der Waals surface area contributed by atoms with Gasteiger partial charge in [0.1, 0.15) is 4.38 Å². The molecule has 0 unspecified atom stereocenters. The van der Waals surface area contributed by atoms with E-state index in [9.17, 15) is 0 Å². The summed E-state index contributed by atoms with van der Waals surface area (Å²) in [5.74, 6) is 1.53. The summed E-state index contributed by atoms with van der Waals surface area (Å²) in [6.45, 7) is 4.44. The molecule has 4 heteroatoms. The van der Waals surface area contributed by atoms with Crippen molar-refractivity contribution in [1.29, 1.82) is 0 Å². The molecular weight excluding hydrogens is 296 g/mol.